The lowest BCUT2D eigenvalue weighted by molar-refractivity contribution is -0.142. The van der Waals surface area contributed by atoms with E-state index in [0.29, 0.717) is 32.8 Å². The average molecular weight is 422 g/mol. The lowest BCUT2D eigenvalue weighted by atomic mass is 10.2. The summed E-state index contributed by atoms with van der Waals surface area (Å²) in [6.07, 6.45) is 2.43. The third-order valence-corrected chi connectivity index (χ3v) is 6.13. The van der Waals surface area contributed by atoms with E-state index in [9.17, 15) is 9.59 Å². The van der Waals surface area contributed by atoms with Gasteiger partial charge in [-0.25, -0.2) is 4.99 Å². The summed E-state index contributed by atoms with van der Waals surface area (Å²) in [7, 11) is 3.47. The molecule has 0 spiro atoms. The van der Waals surface area contributed by atoms with Crippen molar-refractivity contribution in [2.45, 2.75) is 25.4 Å². The van der Waals surface area contributed by atoms with E-state index in [1.807, 2.05) is 4.90 Å². The van der Waals surface area contributed by atoms with Gasteiger partial charge in [0, 0.05) is 58.3 Å². The Morgan fingerprint density at radius 2 is 2.03 bits per heavy atom. The Hall–Kier alpha value is -2.13. The molecule has 2 fully saturated rings. The van der Waals surface area contributed by atoms with Crippen LogP contribution in [0.1, 0.15) is 17.7 Å². The maximum absolute atomic E-state index is 12.6. The van der Waals surface area contributed by atoms with Crippen molar-refractivity contribution in [2.24, 2.45) is 4.99 Å². The van der Waals surface area contributed by atoms with Crippen LogP contribution in [0.3, 0.4) is 0 Å². The van der Waals surface area contributed by atoms with Crippen LogP contribution in [0.5, 0.6) is 0 Å². The fraction of sp³-hybridized carbons (Fsp3) is 0.650. The van der Waals surface area contributed by atoms with Gasteiger partial charge in [-0.2, -0.15) is 0 Å². The summed E-state index contributed by atoms with van der Waals surface area (Å²) in [4.78, 5) is 36.0. The van der Waals surface area contributed by atoms with Crippen LogP contribution in [0, 0.1) is 0 Å². The lowest BCUT2D eigenvalue weighted by Crippen LogP contribution is -2.55. The first-order valence-electron chi connectivity index (χ1n) is 10.2. The molecule has 3 heterocycles. The number of carbonyl (C=O) groups is 2. The Balaban J connectivity index is 1.55. The standard InChI is InChI=1S/C20H31N5O3S/c1-23(2)18(26)15-22-20(21-8-7-16-5-4-14-29-16)25-11-9-24(10-12-25)19(27)17-6-3-13-28-17/h4-5,14,17H,3,6-13,15H2,1-2H3,(H,21,22). The zero-order valence-corrected chi connectivity index (χ0v) is 18.1. The molecule has 0 bridgehead atoms. The molecule has 2 amide bonds. The van der Waals surface area contributed by atoms with Gasteiger partial charge in [-0.05, 0) is 30.7 Å². The highest BCUT2D eigenvalue weighted by Gasteiger charge is 2.31. The molecule has 160 valence electrons. The van der Waals surface area contributed by atoms with Gasteiger partial charge in [-0.15, -0.1) is 11.3 Å². The fourth-order valence-electron chi connectivity index (χ4n) is 3.42. The van der Waals surface area contributed by atoms with Gasteiger partial charge < -0.3 is 24.8 Å². The number of nitrogens with one attached hydrogen (secondary N) is 1. The van der Waals surface area contributed by atoms with Crippen molar-refractivity contribution < 1.29 is 14.3 Å². The van der Waals surface area contributed by atoms with Crippen LogP contribution in [0.2, 0.25) is 0 Å². The monoisotopic (exact) mass is 421 g/mol. The quantitative estimate of drug-likeness (QED) is 0.539. The van der Waals surface area contributed by atoms with E-state index in [-0.39, 0.29) is 24.5 Å². The van der Waals surface area contributed by atoms with E-state index < -0.39 is 0 Å². The van der Waals surface area contributed by atoms with Crippen LogP contribution >= 0.6 is 11.3 Å². The number of amides is 2. The Kier molecular flexibility index (Phi) is 7.88. The summed E-state index contributed by atoms with van der Waals surface area (Å²) < 4.78 is 5.54. The zero-order valence-electron chi connectivity index (χ0n) is 17.3. The second-order valence-corrected chi connectivity index (χ2v) is 8.53. The number of piperazine rings is 1. The minimum absolute atomic E-state index is 0.0326. The Labute approximate surface area is 176 Å². The van der Waals surface area contributed by atoms with Crippen LogP contribution in [0.4, 0.5) is 0 Å². The van der Waals surface area contributed by atoms with Gasteiger partial charge in [0.05, 0.1) is 0 Å². The third kappa shape index (κ3) is 6.17. The van der Waals surface area contributed by atoms with Crippen molar-refractivity contribution in [3.8, 4) is 0 Å². The van der Waals surface area contributed by atoms with Crippen molar-refractivity contribution in [2.75, 3.05) is 60.0 Å². The molecule has 0 aromatic carbocycles. The zero-order chi connectivity index (χ0) is 20.6. The van der Waals surface area contributed by atoms with Crippen LogP contribution in [0.25, 0.3) is 0 Å². The van der Waals surface area contributed by atoms with Gasteiger partial charge in [0.1, 0.15) is 12.6 Å². The SMILES string of the molecule is CN(C)C(=O)CN=C(NCCc1cccs1)N1CCN(C(=O)C2CCCO2)CC1. The van der Waals surface area contributed by atoms with Crippen molar-refractivity contribution in [3.05, 3.63) is 22.4 Å². The van der Waals surface area contributed by atoms with E-state index in [0.717, 1.165) is 31.8 Å². The number of likely N-dealkylation sites (N-methyl/N-ethyl adjacent to an activating group) is 1. The molecule has 1 N–H and O–H groups in total. The van der Waals surface area contributed by atoms with Crippen LogP contribution in [-0.2, 0) is 20.7 Å². The first-order chi connectivity index (χ1) is 14.0. The molecule has 2 aliphatic heterocycles. The first-order valence-corrected chi connectivity index (χ1v) is 11.1. The fourth-order valence-corrected chi connectivity index (χ4v) is 4.13. The van der Waals surface area contributed by atoms with E-state index in [1.54, 1.807) is 30.3 Å². The molecule has 29 heavy (non-hydrogen) atoms. The summed E-state index contributed by atoms with van der Waals surface area (Å²) in [5.41, 5.74) is 0. The third-order valence-electron chi connectivity index (χ3n) is 5.19. The molecule has 8 nitrogen and oxygen atoms in total. The summed E-state index contributed by atoms with van der Waals surface area (Å²) in [5, 5.41) is 5.48. The van der Waals surface area contributed by atoms with Gasteiger partial charge in [-0.3, -0.25) is 9.59 Å². The number of guanidine groups is 1. The van der Waals surface area contributed by atoms with Gasteiger partial charge >= 0.3 is 0 Å². The summed E-state index contributed by atoms with van der Waals surface area (Å²) >= 11 is 1.74. The number of aliphatic imine (C=N–C) groups is 1. The normalized spacial score (nSPS) is 20.1. The molecule has 1 atom stereocenters. The number of ether oxygens (including phenoxy) is 1. The van der Waals surface area contributed by atoms with E-state index in [4.69, 9.17) is 4.74 Å². The van der Waals surface area contributed by atoms with Gasteiger partial charge in [0.15, 0.2) is 5.96 Å². The minimum Gasteiger partial charge on any atom is -0.368 e. The molecule has 2 saturated heterocycles. The second kappa shape index (κ2) is 10.6. The number of rotatable bonds is 6. The molecular weight excluding hydrogens is 390 g/mol. The lowest BCUT2D eigenvalue weighted by Gasteiger charge is -2.37. The number of hydrogen-bond acceptors (Lipinski definition) is 5. The molecule has 1 unspecified atom stereocenters. The van der Waals surface area contributed by atoms with Crippen molar-refractivity contribution in [1.82, 2.24) is 20.0 Å². The highest BCUT2D eigenvalue weighted by atomic mass is 32.1. The van der Waals surface area contributed by atoms with E-state index in [2.05, 4.69) is 32.7 Å². The largest absolute Gasteiger partial charge is 0.368 e. The van der Waals surface area contributed by atoms with E-state index >= 15 is 0 Å². The first kappa shape index (κ1) is 21.6. The maximum Gasteiger partial charge on any atom is 0.251 e. The molecule has 0 saturated carbocycles. The Morgan fingerprint density at radius 3 is 2.66 bits per heavy atom. The number of carbonyl (C=O) groups excluding carboxylic acids is 2. The molecule has 1 aromatic heterocycles. The van der Waals surface area contributed by atoms with Crippen molar-refractivity contribution in [1.29, 1.82) is 0 Å². The highest BCUT2D eigenvalue weighted by Crippen LogP contribution is 2.16. The van der Waals surface area contributed by atoms with Crippen LogP contribution in [-0.4, -0.2) is 98.5 Å². The molecule has 3 rings (SSSR count). The predicted molar refractivity (Wildman–Crippen MR) is 114 cm³/mol. The van der Waals surface area contributed by atoms with Crippen molar-refractivity contribution >= 4 is 29.1 Å². The average Bonchev–Trinajstić information content (AvgIpc) is 3.44. The minimum atomic E-state index is -0.267. The molecule has 1 aromatic rings. The number of nitrogens with zero attached hydrogens (tertiary/aromatic N) is 4. The molecule has 2 aliphatic rings. The molecule has 9 heteroatoms. The Morgan fingerprint density at radius 1 is 1.28 bits per heavy atom. The topological polar surface area (TPSA) is 77.5 Å². The molecule has 0 radical (unpaired) electrons. The predicted octanol–water partition coefficient (Wildman–Crippen LogP) is 0.648. The van der Waals surface area contributed by atoms with Gasteiger partial charge in [0.2, 0.25) is 5.91 Å². The van der Waals surface area contributed by atoms with Crippen LogP contribution < -0.4 is 5.32 Å². The summed E-state index contributed by atoms with van der Waals surface area (Å²) in [5.74, 6) is 0.810. The number of thiophene rings is 1. The van der Waals surface area contributed by atoms with Crippen LogP contribution in [0.15, 0.2) is 22.5 Å². The van der Waals surface area contributed by atoms with Gasteiger partial charge in [0.25, 0.3) is 5.91 Å². The maximum atomic E-state index is 12.6. The Bertz CT molecular complexity index is 693. The molecular formula is C20H31N5O3S. The molecule has 0 aliphatic carbocycles. The van der Waals surface area contributed by atoms with E-state index in [1.165, 1.54) is 4.88 Å². The highest BCUT2D eigenvalue weighted by molar-refractivity contribution is 7.09. The summed E-state index contributed by atoms with van der Waals surface area (Å²) in [6.45, 7) is 4.23. The van der Waals surface area contributed by atoms with Crippen molar-refractivity contribution in [3.63, 3.8) is 0 Å². The number of hydrogen-bond donors (Lipinski definition) is 1. The smallest absolute Gasteiger partial charge is 0.251 e. The summed E-state index contributed by atoms with van der Waals surface area (Å²) in [6, 6.07) is 4.17. The van der Waals surface area contributed by atoms with Gasteiger partial charge in [-0.1, -0.05) is 6.07 Å². The second-order valence-electron chi connectivity index (χ2n) is 7.50.